The van der Waals surface area contributed by atoms with Gasteiger partial charge in [-0.25, -0.2) is 9.78 Å². The fourth-order valence-corrected chi connectivity index (χ4v) is 3.52. The van der Waals surface area contributed by atoms with Crippen molar-refractivity contribution in [1.29, 1.82) is 0 Å². The van der Waals surface area contributed by atoms with E-state index in [-0.39, 0.29) is 22.9 Å². The fourth-order valence-electron chi connectivity index (χ4n) is 2.81. The Hall–Kier alpha value is -3.99. The Labute approximate surface area is 186 Å². The molecule has 3 aromatic rings. The molecule has 0 saturated carbocycles. The van der Waals surface area contributed by atoms with Crippen LogP contribution >= 0.6 is 11.3 Å². The number of hydrogen-bond acceptors (Lipinski definition) is 9. The first-order chi connectivity index (χ1) is 15.4. The number of carbonyl (C=O) groups is 2. The highest BCUT2D eigenvalue weighted by Gasteiger charge is 2.20. The molecular weight excluding hydrogens is 438 g/mol. The molecule has 0 fully saturated rings. The van der Waals surface area contributed by atoms with Crippen molar-refractivity contribution in [1.82, 2.24) is 4.98 Å². The van der Waals surface area contributed by atoms with E-state index in [0.29, 0.717) is 22.8 Å². The lowest BCUT2D eigenvalue weighted by molar-refractivity contribution is -0.384. The van der Waals surface area contributed by atoms with Gasteiger partial charge in [0.25, 0.3) is 11.6 Å². The summed E-state index contributed by atoms with van der Waals surface area (Å²) in [5.74, 6) is -0.238. The number of thiazole rings is 1. The number of anilines is 1. The van der Waals surface area contributed by atoms with Crippen LogP contribution in [0.4, 0.5) is 10.8 Å². The van der Waals surface area contributed by atoms with Crippen molar-refractivity contribution >= 4 is 34.0 Å². The summed E-state index contributed by atoms with van der Waals surface area (Å²) >= 11 is 1.17. The normalized spacial score (nSPS) is 10.3. The SMILES string of the molecule is CCOC(=O)c1cc(C(=O)Nc2nc(-c3ccc(OC)cc3OC)cs2)cc([N+](=O)[O-])c1. The Morgan fingerprint density at radius 3 is 2.53 bits per heavy atom. The lowest BCUT2D eigenvalue weighted by Gasteiger charge is -2.08. The molecule has 1 heterocycles. The molecule has 0 aliphatic heterocycles. The van der Waals surface area contributed by atoms with E-state index in [2.05, 4.69) is 10.3 Å². The highest BCUT2D eigenvalue weighted by Crippen LogP contribution is 2.35. The van der Waals surface area contributed by atoms with E-state index >= 15 is 0 Å². The molecule has 0 spiro atoms. The summed E-state index contributed by atoms with van der Waals surface area (Å²) in [5, 5.41) is 15.8. The Bertz CT molecular complexity index is 1180. The van der Waals surface area contributed by atoms with Crippen molar-refractivity contribution in [2.45, 2.75) is 6.92 Å². The maximum absolute atomic E-state index is 12.7. The van der Waals surface area contributed by atoms with Crippen molar-refractivity contribution in [3.05, 3.63) is 63.0 Å². The number of nitrogens with one attached hydrogen (secondary N) is 1. The van der Waals surface area contributed by atoms with Gasteiger partial charge in [-0.1, -0.05) is 0 Å². The lowest BCUT2D eigenvalue weighted by atomic mass is 10.1. The second kappa shape index (κ2) is 9.88. The number of nitro benzene ring substituents is 1. The van der Waals surface area contributed by atoms with Crippen LogP contribution in [-0.2, 0) is 4.74 Å². The zero-order valence-corrected chi connectivity index (χ0v) is 18.2. The van der Waals surface area contributed by atoms with Gasteiger partial charge in [0.15, 0.2) is 5.13 Å². The third kappa shape index (κ3) is 5.01. The van der Waals surface area contributed by atoms with Gasteiger partial charge in [0.05, 0.1) is 37.0 Å². The van der Waals surface area contributed by atoms with E-state index in [1.165, 1.54) is 24.5 Å². The number of non-ortho nitro benzene ring substituents is 1. The fraction of sp³-hybridized carbons (Fsp3) is 0.190. The Balaban J connectivity index is 1.87. The molecule has 0 atom stereocenters. The standard InChI is InChI=1S/C21H19N3O7S/c1-4-31-20(26)13-7-12(8-14(9-13)24(27)28)19(25)23-21-22-17(11-32-21)16-6-5-15(29-2)10-18(16)30-3/h5-11H,4H2,1-3H3,(H,22,23,25). The minimum Gasteiger partial charge on any atom is -0.497 e. The van der Waals surface area contributed by atoms with Gasteiger partial charge in [0, 0.05) is 34.7 Å². The third-order valence-corrected chi connectivity index (χ3v) is 5.07. The number of ether oxygens (including phenoxy) is 3. The number of hydrogen-bond donors (Lipinski definition) is 1. The number of rotatable bonds is 8. The van der Waals surface area contributed by atoms with Gasteiger partial charge in [0.1, 0.15) is 11.5 Å². The van der Waals surface area contributed by atoms with Crippen LogP contribution in [0, 0.1) is 10.1 Å². The maximum atomic E-state index is 12.7. The quantitative estimate of drug-likeness (QED) is 0.303. The lowest BCUT2D eigenvalue weighted by Crippen LogP contribution is -2.14. The highest BCUT2D eigenvalue weighted by atomic mass is 32.1. The minimum atomic E-state index is -0.756. The number of nitro groups is 1. The number of benzene rings is 2. The van der Waals surface area contributed by atoms with Gasteiger partial charge < -0.3 is 14.2 Å². The van der Waals surface area contributed by atoms with Crippen LogP contribution in [-0.4, -0.2) is 42.6 Å². The molecule has 0 bridgehead atoms. The number of nitrogens with zero attached hydrogens (tertiary/aromatic N) is 2. The predicted octanol–water partition coefficient (Wildman–Crippen LogP) is 4.16. The van der Waals surface area contributed by atoms with Crippen LogP contribution in [0.1, 0.15) is 27.6 Å². The first-order valence-electron chi connectivity index (χ1n) is 9.32. The summed E-state index contributed by atoms with van der Waals surface area (Å²) in [6, 6.07) is 8.64. The molecule has 1 aromatic heterocycles. The van der Waals surface area contributed by atoms with E-state index in [4.69, 9.17) is 14.2 Å². The van der Waals surface area contributed by atoms with Crippen LogP contribution in [0.2, 0.25) is 0 Å². The van der Waals surface area contributed by atoms with E-state index in [9.17, 15) is 19.7 Å². The topological polar surface area (TPSA) is 130 Å². The molecule has 166 valence electrons. The number of carbonyl (C=O) groups excluding carboxylic acids is 2. The Kier molecular flexibility index (Phi) is 7.00. The Morgan fingerprint density at radius 1 is 1.12 bits per heavy atom. The van der Waals surface area contributed by atoms with Crippen LogP contribution in [0.25, 0.3) is 11.3 Å². The maximum Gasteiger partial charge on any atom is 0.338 e. The number of aromatic nitrogens is 1. The summed E-state index contributed by atoms with van der Waals surface area (Å²) in [6.07, 6.45) is 0. The van der Waals surface area contributed by atoms with E-state index in [0.717, 1.165) is 12.1 Å². The van der Waals surface area contributed by atoms with Crippen molar-refractivity contribution in [2.24, 2.45) is 0 Å². The average molecular weight is 457 g/mol. The largest absolute Gasteiger partial charge is 0.497 e. The van der Waals surface area contributed by atoms with Gasteiger partial charge in [-0.3, -0.25) is 20.2 Å². The molecule has 2 aromatic carbocycles. The van der Waals surface area contributed by atoms with Crippen LogP contribution in [0.15, 0.2) is 41.8 Å². The summed E-state index contributed by atoms with van der Waals surface area (Å²) in [5.41, 5.74) is 0.708. The van der Waals surface area contributed by atoms with Gasteiger partial charge in [-0.2, -0.15) is 0 Å². The Morgan fingerprint density at radius 2 is 1.88 bits per heavy atom. The number of esters is 1. The zero-order chi connectivity index (χ0) is 23.3. The number of methoxy groups -OCH3 is 2. The summed E-state index contributed by atoms with van der Waals surface area (Å²) in [6.45, 7) is 1.71. The first-order valence-corrected chi connectivity index (χ1v) is 10.2. The van der Waals surface area contributed by atoms with Crippen LogP contribution in [0.3, 0.4) is 0 Å². The smallest absolute Gasteiger partial charge is 0.338 e. The molecule has 10 nitrogen and oxygen atoms in total. The average Bonchev–Trinajstić information content (AvgIpc) is 3.26. The van der Waals surface area contributed by atoms with Crippen molar-refractivity contribution in [3.8, 4) is 22.8 Å². The molecule has 1 N–H and O–H groups in total. The molecule has 0 aliphatic rings. The summed E-state index contributed by atoms with van der Waals surface area (Å²) in [4.78, 5) is 39.7. The van der Waals surface area contributed by atoms with Crippen LogP contribution in [0.5, 0.6) is 11.5 Å². The molecule has 11 heteroatoms. The van der Waals surface area contributed by atoms with Gasteiger partial charge in [0.2, 0.25) is 0 Å². The second-order valence-corrected chi connectivity index (χ2v) is 7.16. The number of amides is 1. The zero-order valence-electron chi connectivity index (χ0n) is 17.4. The predicted molar refractivity (Wildman–Crippen MR) is 118 cm³/mol. The monoisotopic (exact) mass is 457 g/mol. The van der Waals surface area contributed by atoms with Crippen LogP contribution < -0.4 is 14.8 Å². The van der Waals surface area contributed by atoms with Gasteiger partial charge >= 0.3 is 5.97 Å². The van der Waals surface area contributed by atoms with E-state index in [1.54, 1.807) is 37.6 Å². The summed E-state index contributed by atoms with van der Waals surface area (Å²) < 4.78 is 15.5. The highest BCUT2D eigenvalue weighted by molar-refractivity contribution is 7.14. The van der Waals surface area contributed by atoms with E-state index in [1.807, 2.05) is 0 Å². The second-order valence-electron chi connectivity index (χ2n) is 6.30. The third-order valence-electron chi connectivity index (χ3n) is 4.31. The van der Waals surface area contributed by atoms with Crippen molar-refractivity contribution in [3.63, 3.8) is 0 Å². The molecule has 0 unspecified atom stereocenters. The molecule has 3 rings (SSSR count). The summed E-state index contributed by atoms with van der Waals surface area (Å²) in [7, 11) is 3.07. The molecule has 1 amide bonds. The van der Waals surface area contributed by atoms with Gasteiger partial charge in [-0.05, 0) is 25.1 Å². The molecular formula is C21H19N3O7S. The molecule has 32 heavy (non-hydrogen) atoms. The molecule has 0 radical (unpaired) electrons. The first kappa shape index (κ1) is 22.7. The van der Waals surface area contributed by atoms with E-state index < -0.39 is 22.5 Å². The van der Waals surface area contributed by atoms with Crippen molar-refractivity contribution in [2.75, 3.05) is 26.1 Å². The molecule has 0 aliphatic carbocycles. The molecule has 0 saturated heterocycles. The minimum absolute atomic E-state index is 0.0685. The van der Waals surface area contributed by atoms with Crippen molar-refractivity contribution < 1.29 is 28.7 Å². The van der Waals surface area contributed by atoms with Gasteiger partial charge in [-0.15, -0.1) is 11.3 Å².